The molecule has 1 aliphatic rings. The van der Waals surface area contributed by atoms with Crippen molar-refractivity contribution in [2.45, 2.75) is 36.3 Å². The number of hydrogen-bond donors (Lipinski definition) is 2. The van der Waals surface area contributed by atoms with Gasteiger partial charge in [-0.2, -0.15) is 4.72 Å². The lowest BCUT2D eigenvalue weighted by Gasteiger charge is -2.20. The smallest absolute Gasteiger partial charge is 0.241 e. The fourth-order valence-corrected chi connectivity index (χ4v) is 5.00. The van der Waals surface area contributed by atoms with Crippen LogP contribution in [0.5, 0.6) is 0 Å². The second-order valence-electron chi connectivity index (χ2n) is 7.75. The lowest BCUT2D eigenvalue weighted by Crippen LogP contribution is -2.49. The van der Waals surface area contributed by atoms with Gasteiger partial charge in [0.15, 0.2) is 0 Å². The van der Waals surface area contributed by atoms with Crippen LogP contribution in [-0.2, 0) is 26.0 Å². The van der Waals surface area contributed by atoms with Gasteiger partial charge in [0.25, 0.3) is 0 Å². The summed E-state index contributed by atoms with van der Waals surface area (Å²) in [5.41, 5.74) is 0.876. The van der Waals surface area contributed by atoms with Crippen molar-refractivity contribution in [2.75, 3.05) is 13.2 Å². The minimum Gasteiger partial charge on any atom is -0.376 e. The van der Waals surface area contributed by atoms with Crippen LogP contribution in [0.2, 0.25) is 0 Å². The van der Waals surface area contributed by atoms with E-state index in [0.29, 0.717) is 13.2 Å². The highest BCUT2D eigenvalue weighted by molar-refractivity contribution is 7.89. The molecule has 1 aliphatic heterocycles. The highest BCUT2D eigenvalue weighted by atomic mass is 32.2. The molecule has 7 heteroatoms. The van der Waals surface area contributed by atoms with Gasteiger partial charge in [0.05, 0.1) is 11.0 Å². The topological polar surface area (TPSA) is 84.5 Å². The molecule has 0 aromatic heterocycles. The number of hydrogen-bond acceptors (Lipinski definition) is 4. The van der Waals surface area contributed by atoms with Crippen molar-refractivity contribution in [1.29, 1.82) is 0 Å². The van der Waals surface area contributed by atoms with Gasteiger partial charge >= 0.3 is 0 Å². The van der Waals surface area contributed by atoms with Crippen LogP contribution >= 0.6 is 0 Å². The highest BCUT2D eigenvalue weighted by Gasteiger charge is 2.27. The summed E-state index contributed by atoms with van der Waals surface area (Å²) in [5.74, 6) is -0.358. The van der Waals surface area contributed by atoms with Crippen molar-refractivity contribution in [1.82, 2.24) is 10.0 Å². The second-order valence-corrected chi connectivity index (χ2v) is 9.47. The summed E-state index contributed by atoms with van der Waals surface area (Å²) < 4.78 is 34.4. The summed E-state index contributed by atoms with van der Waals surface area (Å²) in [6, 6.07) is 21.0. The van der Waals surface area contributed by atoms with E-state index in [2.05, 4.69) is 10.0 Å². The van der Waals surface area contributed by atoms with Crippen molar-refractivity contribution < 1.29 is 17.9 Å². The Bertz CT molecular complexity index is 1140. The first-order valence-electron chi connectivity index (χ1n) is 10.5. The van der Waals surface area contributed by atoms with E-state index in [-0.39, 0.29) is 23.3 Å². The predicted octanol–water partition coefficient (Wildman–Crippen LogP) is 3.02. The Morgan fingerprint density at radius 1 is 1.00 bits per heavy atom. The fraction of sp³-hybridized carbons (Fsp3) is 0.292. The number of carbonyl (C=O) groups is 1. The van der Waals surface area contributed by atoms with Gasteiger partial charge in [0.1, 0.15) is 6.04 Å². The summed E-state index contributed by atoms with van der Waals surface area (Å²) in [4.78, 5) is 13.1. The van der Waals surface area contributed by atoms with Crippen LogP contribution in [0.3, 0.4) is 0 Å². The van der Waals surface area contributed by atoms with E-state index in [9.17, 15) is 13.2 Å². The van der Waals surface area contributed by atoms with Crippen LogP contribution in [0.1, 0.15) is 18.4 Å². The molecular weight excluding hydrogens is 412 g/mol. The third kappa shape index (κ3) is 5.50. The van der Waals surface area contributed by atoms with Crippen LogP contribution < -0.4 is 10.0 Å². The first-order chi connectivity index (χ1) is 15.0. The molecule has 1 amide bonds. The van der Waals surface area contributed by atoms with Gasteiger partial charge in [-0.15, -0.1) is 0 Å². The number of sulfonamides is 1. The standard InChI is InChI=1S/C24H26N2O4S/c27-24(25-17-21-11-6-14-30-21)23(15-18-7-2-1-3-8-18)26-31(28,29)22-13-12-19-9-4-5-10-20(19)16-22/h1-5,7-10,12-13,16,21,23,26H,6,11,14-15,17H2,(H,25,27)/t21-,23+/m0/s1. The zero-order chi connectivity index (χ0) is 21.7. The molecule has 0 radical (unpaired) electrons. The van der Waals surface area contributed by atoms with Crippen LogP contribution in [0.25, 0.3) is 10.8 Å². The summed E-state index contributed by atoms with van der Waals surface area (Å²) in [6.45, 7) is 1.07. The molecule has 0 bridgehead atoms. The third-order valence-electron chi connectivity index (χ3n) is 5.46. The normalized spacial score (nSPS) is 17.5. The summed E-state index contributed by atoms with van der Waals surface area (Å²) in [6.07, 6.45) is 2.11. The highest BCUT2D eigenvalue weighted by Crippen LogP contribution is 2.19. The van der Waals surface area contributed by atoms with Gasteiger partial charge < -0.3 is 10.1 Å². The minimum absolute atomic E-state index is 0.0154. The molecule has 0 saturated carbocycles. The van der Waals surface area contributed by atoms with E-state index in [1.54, 1.807) is 18.2 Å². The van der Waals surface area contributed by atoms with Crippen molar-refractivity contribution >= 4 is 26.7 Å². The van der Waals surface area contributed by atoms with Crippen molar-refractivity contribution in [3.63, 3.8) is 0 Å². The Morgan fingerprint density at radius 3 is 2.48 bits per heavy atom. The van der Waals surface area contributed by atoms with Crippen LogP contribution in [0.15, 0.2) is 77.7 Å². The number of carbonyl (C=O) groups excluding carboxylic acids is 1. The summed E-state index contributed by atoms with van der Waals surface area (Å²) in [7, 11) is -3.90. The van der Waals surface area contributed by atoms with E-state index in [4.69, 9.17) is 4.74 Å². The van der Waals surface area contributed by atoms with Gasteiger partial charge in [-0.1, -0.05) is 60.7 Å². The van der Waals surface area contributed by atoms with Crippen LogP contribution in [0, 0.1) is 0 Å². The van der Waals surface area contributed by atoms with Crippen LogP contribution in [-0.4, -0.2) is 39.6 Å². The lowest BCUT2D eigenvalue weighted by molar-refractivity contribution is -0.123. The Balaban J connectivity index is 1.54. The average molecular weight is 439 g/mol. The lowest BCUT2D eigenvalue weighted by atomic mass is 10.1. The Kier molecular flexibility index (Phi) is 6.65. The average Bonchev–Trinajstić information content (AvgIpc) is 3.31. The SMILES string of the molecule is O=C(NC[C@@H]1CCCO1)[C@@H](Cc1ccccc1)NS(=O)(=O)c1ccc2ccccc2c1. The number of amides is 1. The van der Waals surface area contributed by atoms with Crippen molar-refractivity contribution in [2.24, 2.45) is 0 Å². The number of nitrogens with one attached hydrogen (secondary N) is 2. The first-order valence-corrected chi connectivity index (χ1v) is 11.9. The number of ether oxygens (including phenoxy) is 1. The summed E-state index contributed by atoms with van der Waals surface area (Å²) >= 11 is 0. The largest absolute Gasteiger partial charge is 0.376 e. The maximum Gasteiger partial charge on any atom is 0.241 e. The van der Waals surface area contributed by atoms with Crippen LogP contribution in [0.4, 0.5) is 0 Å². The maximum atomic E-state index is 13.1. The van der Waals surface area contributed by atoms with Gasteiger partial charge in [0, 0.05) is 13.2 Å². The molecule has 31 heavy (non-hydrogen) atoms. The summed E-state index contributed by atoms with van der Waals surface area (Å²) in [5, 5.41) is 4.64. The van der Waals surface area contributed by atoms with E-state index in [1.165, 1.54) is 0 Å². The molecule has 2 atom stereocenters. The fourth-order valence-electron chi connectivity index (χ4n) is 3.77. The van der Waals surface area contributed by atoms with E-state index in [0.717, 1.165) is 29.2 Å². The molecule has 0 unspecified atom stereocenters. The molecule has 1 heterocycles. The minimum atomic E-state index is -3.90. The molecule has 6 nitrogen and oxygen atoms in total. The Hall–Kier alpha value is -2.74. The molecule has 3 aromatic carbocycles. The molecule has 1 fully saturated rings. The third-order valence-corrected chi connectivity index (χ3v) is 6.93. The second kappa shape index (κ2) is 9.60. The van der Waals surface area contributed by atoms with Gasteiger partial charge in [-0.25, -0.2) is 8.42 Å². The molecular formula is C24H26N2O4S. The number of benzene rings is 3. The number of fused-ring (bicyclic) bond motifs is 1. The van der Waals surface area contributed by atoms with E-state index < -0.39 is 16.1 Å². The molecule has 3 aromatic rings. The molecule has 162 valence electrons. The van der Waals surface area contributed by atoms with E-state index in [1.807, 2.05) is 54.6 Å². The van der Waals surface area contributed by atoms with E-state index >= 15 is 0 Å². The maximum absolute atomic E-state index is 13.1. The molecule has 1 saturated heterocycles. The Morgan fingerprint density at radius 2 is 1.74 bits per heavy atom. The Labute approximate surface area is 182 Å². The quantitative estimate of drug-likeness (QED) is 0.566. The molecule has 4 rings (SSSR count). The van der Waals surface area contributed by atoms with Crippen molar-refractivity contribution in [3.8, 4) is 0 Å². The molecule has 0 spiro atoms. The zero-order valence-corrected chi connectivity index (χ0v) is 18.0. The zero-order valence-electron chi connectivity index (χ0n) is 17.2. The number of rotatable bonds is 8. The van der Waals surface area contributed by atoms with Crippen molar-refractivity contribution in [3.05, 3.63) is 78.4 Å². The predicted molar refractivity (Wildman–Crippen MR) is 120 cm³/mol. The first kappa shape index (κ1) is 21.5. The van der Waals surface area contributed by atoms with Gasteiger partial charge in [0.2, 0.25) is 15.9 Å². The molecule has 2 N–H and O–H groups in total. The molecule has 0 aliphatic carbocycles. The van der Waals surface area contributed by atoms with Gasteiger partial charge in [-0.05, 0) is 47.7 Å². The van der Waals surface area contributed by atoms with Gasteiger partial charge in [-0.3, -0.25) is 4.79 Å². The monoisotopic (exact) mass is 438 g/mol.